The van der Waals surface area contributed by atoms with E-state index in [1.165, 1.54) is 25.7 Å². The summed E-state index contributed by atoms with van der Waals surface area (Å²) >= 11 is 0. The van der Waals surface area contributed by atoms with Crippen LogP contribution in [0.3, 0.4) is 0 Å². The second kappa shape index (κ2) is 5.39. The zero-order chi connectivity index (χ0) is 12.3. The van der Waals surface area contributed by atoms with Crippen LogP contribution in [0.15, 0.2) is 12.3 Å². The number of ether oxygens (including phenoxy) is 1. The summed E-state index contributed by atoms with van der Waals surface area (Å²) in [5.41, 5.74) is 7.67. The molecule has 1 aromatic rings. The smallest absolute Gasteiger partial charge is 0.237 e. The third-order valence-corrected chi connectivity index (χ3v) is 3.64. The second-order valence-corrected chi connectivity index (χ2v) is 5.02. The largest absolute Gasteiger partial charge is 0.473 e. The molecule has 1 aliphatic rings. The zero-order valence-electron chi connectivity index (χ0n) is 10.8. The van der Waals surface area contributed by atoms with Crippen LogP contribution < -0.4 is 10.5 Å². The number of nitrogen functional groups attached to an aromatic ring is 1. The molecular formula is C14H22N2O. The van der Waals surface area contributed by atoms with Gasteiger partial charge in [-0.3, -0.25) is 0 Å². The Bertz CT molecular complexity index is 378. The van der Waals surface area contributed by atoms with E-state index in [2.05, 4.69) is 11.9 Å². The number of aromatic nitrogens is 1. The fourth-order valence-corrected chi connectivity index (χ4v) is 2.62. The summed E-state index contributed by atoms with van der Waals surface area (Å²) in [6.45, 7) is 4.22. The highest BCUT2D eigenvalue weighted by atomic mass is 16.5. The van der Waals surface area contributed by atoms with E-state index in [1.807, 2.05) is 19.2 Å². The monoisotopic (exact) mass is 234 g/mol. The molecule has 1 aromatic heterocycles. The molecule has 0 bridgehead atoms. The van der Waals surface area contributed by atoms with E-state index < -0.39 is 0 Å². The van der Waals surface area contributed by atoms with Crippen molar-refractivity contribution >= 4 is 5.69 Å². The molecule has 0 amide bonds. The van der Waals surface area contributed by atoms with Crippen LogP contribution in [0.5, 0.6) is 5.88 Å². The van der Waals surface area contributed by atoms with Gasteiger partial charge in [-0.1, -0.05) is 13.3 Å². The van der Waals surface area contributed by atoms with E-state index in [9.17, 15) is 0 Å². The molecule has 1 aliphatic carbocycles. The Labute approximate surface area is 103 Å². The maximum atomic E-state index is 6.01. The van der Waals surface area contributed by atoms with Gasteiger partial charge in [0.25, 0.3) is 0 Å². The number of nitrogens with zero attached hydrogens (tertiary/aromatic N) is 1. The van der Waals surface area contributed by atoms with Crippen molar-refractivity contribution in [1.82, 2.24) is 4.98 Å². The summed E-state index contributed by atoms with van der Waals surface area (Å²) in [5, 5.41) is 0. The highest BCUT2D eigenvalue weighted by molar-refractivity contribution is 5.49. The summed E-state index contributed by atoms with van der Waals surface area (Å²) < 4.78 is 6.01. The van der Waals surface area contributed by atoms with Gasteiger partial charge in [0.05, 0.1) is 5.69 Å². The quantitative estimate of drug-likeness (QED) is 0.872. The minimum absolute atomic E-state index is 0.297. The number of rotatable bonds is 3. The molecule has 2 unspecified atom stereocenters. The lowest BCUT2D eigenvalue weighted by Gasteiger charge is -2.31. The predicted molar refractivity (Wildman–Crippen MR) is 70.1 cm³/mol. The van der Waals surface area contributed by atoms with Crippen LogP contribution in [0.4, 0.5) is 5.69 Å². The van der Waals surface area contributed by atoms with Gasteiger partial charge in [-0.25, -0.2) is 4.98 Å². The topological polar surface area (TPSA) is 48.1 Å². The molecule has 2 N–H and O–H groups in total. The fraction of sp³-hybridized carbons (Fsp3) is 0.643. The first-order chi connectivity index (χ1) is 8.20. The molecule has 1 heterocycles. The van der Waals surface area contributed by atoms with Crippen molar-refractivity contribution in [2.45, 2.75) is 52.1 Å². The molecule has 17 heavy (non-hydrogen) atoms. The lowest BCUT2D eigenvalue weighted by molar-refractivity contribution is 0.0866. The second-order valence-electron chi connectivity index (χ2n) is 5.02. The van der Waals surface area contributed by atoms with Crippen molar-refractivity contribution in [2.75, 3.05) is 5.73 Å². The Morgan fingerprint density at radius 1 is 1.41 bits per heavy atom. The van der Waals surface area contributed by atoms with Gasteiger partial charge in [0.15, 0.2) is 0 Å². The predicted octanol–water partition coefficient (Wildman–Crippen LogP) is 3.32. The van der Waals surface area contributed by atoms with Crippen LogP contribution in [0.25, 0.3) is 0 Å². The first-order valence-electron chi connectivity index (χ1n) is 6.59. The molecule has 0 saturated heterocycles. The van der Waals surface area contributed by atoms with E-state index in [0.29, 0.717) is 23.6 Å². The number of aryl methyl sites for hydroxylation is 1. The van der Waals surface area contributed by atoms with Gasteiger partial charge in [-0.15, -0.1) is 0 Å². The Morgan fingerprint density at radius 3 is 2.88 bits per heavy atom. The Kier molecular flexibility index (Phi) is 3.87. The number of pyridine rings is 1. The molecule has 1 saturated carbocycles. The standard InChI is InChI=1S/C14H22N2O/c1-3-11-6-4-5-7-13(11)17-14-12(15)8-10(2)9-16-14/h8-9,11,13H,3-7,15H2,1-2H3. The number of hydrogen-bond acceptors (Lipinski definition) is 3. The minimum atomic E-state index is 0.297. The minimum Gasteiger partial charge on any atom is -0.473 e. The molecule has 2 rings (SSSR count). The summed E-state index contributed by atoms with van der Waals surface area (Å²) in [4.78, 5) is 4.29. The highest BCUT2D eigenvalue weighted by Gasteiger charge is 2.26. The van der Waals surface area contributed by atoms with Crippen molar-refractivity contribution in [2.24, 2.45) is 5.92 Å². The van der Waals surface area contributed by atoms with Crippen molar-refractivity contribution in [3.63, 3.8) is 0 Å². The van der Waals surface area contributed by atoms with Gasteiger partial charge in [-0.05, 0) is 50.2 Å². The molecule has 1 fully saturated rings. The van der Waals surface area contributed by atoms with Gasteiger partial charge in [0, 0.05) is 6.20 Å². The molecule has 2 atom stereocenters. The lowest BCUT2D eigenvalue weighted by Crippen LogP contribution is -2.30. The molecule has 94 valence electrons. The molecular weight excluding hydrogens is 212 g/mol. The van der Waals surface area contributed by atoms with Crippen LogP contribution >= 0.6 is 0 Å². The molecule has 3 nitrogen and oxygen atoms in total. The molecule has 0 aromatic carbocycles. The van der Waals surface area contributed by atoms with E-state index in [4.69, 9.17) is 10.5 Å². The highest BCUT2D eigenvalue weighted by Crippen LogP contribution is 2.31. The van der Waals surface area contributed by atoms with E-state index in [-0.39, 0.29) is 0 Å². The normalized spacial score (nSPS) is 24.6. The average molecular weight is 234 g/mol. The van der Waals surface area contributed by atoms with Crippen molar-refractivity contribution in [1.29, 1.82) is 0 Å². The zero-order valence-corrected chi connectivity index (χ0v) is 10.8. The van der Waals surface area contributed by atoms with Crippen LogP contribution in [0, 0.1) is 12.8 Å². The maximum absolute atomic E-state index is 6.01. The van der Waals surface area contributed by atoms with E-state index >= 15 is 0 Å². The van der Waals surface area contributed by atoms with E-state index in [1.54, 1.807) is 0 Å². The van der Waals surface area contributed by atoms with Gasteiger partial charge >= 0.3 is 0 Å². The van der Waals surface area contributed by atoms with Crippen LogP contribution in [0.2, 0.25) is 0 Å². The van der Waals surface area contributed by atoms with Crippen molar-refractivity contribution in [3.05, 3.63) is 17.8 Å². The van der Waals surface area contributed by atoms with Gasteiger partial charge in [0.1, 0.15) is 6.10 Å². The number of nitrogens with two attached hydrogens (primary N) is 1. The van der Waals surface area contributed by atoms with Crippen LogP contribution in [-0.4, -0.2) is 11.1 Å². The summed E-state index contributed by atoms with van der Waals surface area (Å²) in [5.74, 6) is 1.27. The summed E-state index contributed by atoms with van der Waals surface area (Å²) in [7, 11) is 0. The molecule has 0 spiro atoms. The molecule has 0 radical (unpaired) electrons. The lowest BCUT2D eigenvalue weighted by atomic mass is 9.85. The van der Waals surface area contributed by atoms with Crippen LogP contribution in [-0.2, 0) is 0 Å². The van der Waals surface area contributed by atoms with Gasteiger partial charge in [0.2, 0.25) is 5.88 Å². The first-order valence-corrected chi connectivity index (χ1v) is 6.59. The summed E-state index contributed by atoms with van der Waals surface area (Å²) in [6.07, 6.45) is 8.28. The third-order valence-electron chi connectivity index (χ3n) is 3.64. The third kappa shape index (κ3) is 2.90. The fourth-order valence-electron chi connectivity index (χ4n) is 2.62. The SMILES string of the molecule is CCC1CCCCC1Oc1ncc(C)cc1N. The van der Waals surface area contributed by atoms with E-state index in [0.717, 1.165) is 12.0 Å². The molecule has 0 aliphatic heterocycles. The first kappa shape index (κ1) is 12.2. The van der Waals surface area contributed by atoms with Gasteiger partial charge < -0.3 is 10.5 Å². The maximum Gasteiger partial charge on any atom is 0.237 e. The molecule has 3 heteroatoms. The average Bonchev–Trinajstić information content (AvgIpc) is 2.33. The van der Waals surface area contributed by atoms with Crippen LogP contribution in [0.1, 0.15) is 44.6 Å². The van der Waals surface area contributed by atoms with Gasteiger partial charge in [-0.2, -0.15) is 0 Å². The summed E-state index contributed by atoms with van der Waals surface area (Å²) in [6, 6.07) is 1.92. The van der Waals surface area contributed by atoms with Crippen molar-refractivity contribution < 1.29 is 4.74 Å². The van der Waals surface area contributed by atoms with Crippen molar-refractivity contribution in [3.8, 4) is 5.88 Å². The Balaban J connectivity index is 2.08. The number of anilines is 1. The number of hydrogen-bond donors (Lipinski definition) is 1. The Morgan fingerprint density at radius 2 is 2.18 bits per heavy atom. The Hall–Kier alpha value is -1.25.